The summed E-state index contributed by atoms with van der Waals surface area (Å²) in [5.41, 5.74) is 5.00. The number of anilines is 1. The van der Waals surface area contributed by atoms with Crippen LogP contribution in [0.4, 0.5) is 5.13 Å². The van der Waals surface area contributed by atoms with E-state index in [1.165, 1.54) is 11.3 Å². The minimum Gasteiger partial charge on any atom is -0.350 e. The Kier molecular flexibility index (Phi) is 6.77. The number of carbonyl (C=O) groups excluding carboxylic acids is 2. The van der Waals surface area contributed by atoms with Crippen molar-refractivity contribution in [2.45, 2.75) is 33.2 Å². The van der Waals surface area contributed by atoms with Crippen molar-refractivity contribution in [1.82, 2.24) is 10.3 Å². The van der Waals surface area contributed by atoms with Gasteiger partial charge in [-0.1, -0.05) is 59.7 Å². The first-order valence-corrected chi connectivity index (χ1v) is 10.4. The van der Waals surface area contributed by atoms with Gasteiger partial charge in [0.05, 0.1) is 25.1 Å². The second-order valence-electron chi connectivity index (χ2n) is 7.18. The second kappa shape index (κ2) is 9.47. The van der Waals surface area contributed by atoms with Gasteiger partial charge in [-0.25, -0.2) is 4.98 Å². The van der Waals surface area contributed by atoms with Crippen LogP contribution in [-0.4, -0.2) is 23.8 Å². The van der Waals surface area contributed by atoms with Crippen LogP contribution in [0, 0.1) is 13.8 Å². The number of carbonyl (C=O) groups is 2. The Morgan fingerprint density at radius 1 is 1.00 bits per heavy atom. The van der Waals surface area contributed by atoms with Crippen LogP contribution in [0.1, 0.15) is 27.9 Å². The lowest BCUT2D eigenvalue weighted by Gasteiger charge is -2.14. The molecule has 0 aliphatic carbocycles. The van der Waals surface area contributed by atoms with Crippen molar-refractivity contribution in [1.29, 1.82) is 0 Å². The van der Waals surface area contributed by atoms with Gasteiger partial charge >= 0.3 is 0 Å². The van der Waals surface area contributed by atoms with E-state index in [1.54, 1.807) is 11.9 Å². The monoisotopic (exact) mass is 407 g/mol. The number of hydrogen-bond acceptors (Lipinski definition) is 4. The van der Waals surface area contributed by atoms with Crippen LogP contribution in [0.3, 0.4) is 0 Å². The number of nitrogens with zero attached hydrogens (tertiary/aromatic N) is 2. The molecule has 0 unspecified atom stereocenters. The largest absolute Gasteiger partial charge is 0.350 e. The molecule has 0 saturated carbocycles. The number of likely N-dealkylation sites (N-methyl/N-ethyl adjacent to an activating group) is 1. The predicted octanol–water partition coefficient (Wildman–Crippen LogP) is 3.82. The predicted molar refractivity (Wildman–Crippen MR) is 117 cm³/mol. The summed E-state index contributed by atoms with van der Waals surface area (Å²) in [5, 5.41) is 5.40. The molecule has 0 atom stereocenters. The van der Waals surface area contributed by atoms with Gasteiger partial charge in [0.25, 0.3) is 0 Å². The molecule has 0 bridgehead atoms. The van der Waals surface area contributed by atoms with Crippen LogP contribution in [-0.2, 0) is 29.0 Å². The lowest BCUT2D eigenvalue weighted by Crippen LogP contribution is -2.28. The molecule has 6 heteroatoms. The minimum atomic E-state index is -0.0472. The van der Waals surface area contributed by atoms with Gasteiger partial charge in [-0.05, 0) is 25.0 Å². The second-order valence-corrected chi connectivity index (χ2v) is 8.02. The normalized spacial score (nSPS) is 10.6. The molecule has 1 aromatic heterocycles. The number of thiazole rings is 1. The van der Waals surface area contributed by atoms with Gasteiger partial charge in [0.2, 0.25) is 11.8 Å². The van der Waals surface area contributed by atoms with Gasteiger partial charge in [0, 0.05) is 12.4 Å². The summed E-state index contributed by atoms with van der Waals surface area (Å²) in [4.78, 5) is 30.8. The molecule has 0 aliphatic rings. The summed E-state index contributed by atoms with van der Waals surface area (Å²) in [5.74, 6) is -0.0611. The third kappa shape index (κ3) is 5.99. The van der Waals surface area contributed by atoms with E-state index in [9.17, 15) is 9.59 Å². The highest BCUT2D eigenvalue weighted by molar-refractivity contribution is 7.14. The number of hydrogen-bond donors (Lipinski definition) is 1. The van der Waals surface area contributed by atoms with Gasteiger partial charge in [-0.15, -0.1) is 11.3 Å². The Hall–Kier alpha value is -2.99. The maximum Gasteiger partial charge on any atom is 0.232 e. The summed E-state index contributed by atoms with van der Waals surface area (Å²) < 4.78 is 0. The van der Waals surface area contributed by atoms with Crippen molar-refractivity contribution in [3.63, 3.8) is 0 Å². The lowest BCUT2D eigenvalue weighted by atomic mass is 10.1. The molecule has 3 rings (SSSR count). The van der Waals surface area contributed by atoms with E-state index in [1.807, 2.05) is 67.8 Å². The van der Waals surface area contributed by atoms with Gasteiger partial charge < -0.3 is 5.32 Å². The minimum absolute atomic E-state index is 0.0139. The van der Waals surface area contributed by atoms with E-state index in [-0.39, 0.29) is 11.8 Å². The van der Waals surface area contributed by atoms with Crippen molar-refractivity contribution >= 4 is 28.3 Å². The van der Waals surface area contributed by atoms with Gasteiger partial charge in [-0.2, -0.15) is 0 Å². The van der Waals surface area contributed by atoms with E-state index in [2.05, 4.69) is 10.3 Å². The average Bonchev–Trinajstić information content (AvgIpc) is 3.15. The maximum absolute atomic E-state index is 12.6. The number of amides is 2. The Labute approximate surface area is 175 Å². The zero-order valence-electron chi connectivity index (χ0n) is 16.9. The Bertz CT molecular complexity index is 1010. The highest BCUT2D eigenvalue weighted by atomic mass is 32.1. The number of aryl methyl sites for hydroxylation is 2. The summed E-state index contributed by atoms with van der Waals surface area (Å²) in [6.45, 7) is 4.37. The van der Waals surface area contributed by atoms with Crippen molar-refractivity contribution in [3.05, 3.63) is 81.9 Å². The van der Waals surface area contributed by atoms with Crippen molar-refractivity contribution in [2.24, 2.45) is 0 Å². The van der Waals surface area contributed by atoms with Crippen LogP contribution < -0.4 is 10.2 Å². The molecule has 3 aromatic rings. The number of benzene rings is 2. The van der Waals surface area contributed by atoms with Crippen LogP contribution in [0.25, 0.3) is 0 Å². The third-order valence-electron chi connectivity index (χ3n) is 4.55. The molecule has 0 spiro atoms. The van der Waals surface area contributed by atoms with Crippen molar-refractivity contribution in [2.75, 3.05) is 11.9 Å². The smallest absolute Gasteiger partial charge is 0.232 e. The van der Waals surface area contributed by atoms with E-state index in [4.69, 9.17) is 0 Å². The molecular weight excluding hydrogens is 382 g/mol. The van der Waals surface area contributed by atoms with E-state index < -0.39 is 0 Å². The molecular formula is C23H25N3O2S. The number of rotatable bonds is 7. The summed E-state index contributed by atoms with van der Waals surface area (Å²) >= 11 is 1.40. The molecule has 150 valence electrons. The zero-order valence-corrected chi connectivity index (χ0v) is 17.8. The topological polar surface area (TPSA) is 62.3 Å². The summed E-state index contributed by atoms with van der Waals surface area (Å²) in [6, 6.07) is 15.9. The molecule has 1 heterocycles. The highest BCUT2D eigenvalue weighted by Gasteiger charge is 2.15. The molecule has 5 nitrogen and oxygen atoms in total. The van der Waals surface area contributed by atoms with Crippen LogP contribution in [0.2, 0.25) is 0 Å². The van der Waals surface area contributed by atoms with Crippen molar-refractivity contribution in [3.8, 4) is 0 Å². The Morgan fingerprint density at radius 2 is 1.62 bits per heavy atom. The molecule has 0 radical (unpaired) electrons. The van der Waals surface area contributed by atoms with E-state index >= 15 is 0 Å². The fraction of sp³-hybridized carbons (Fsp3) is 0.261. The molecule has 0 aliphatic heterocycles. The highest BCUT2D eigenvalue weighted by Crippen LogP contribution is 2.20. The summed E-state index contributed by atoms with van der Waals surface area (Å²) in [6.07, 6.45) is 0.674. The Morgan fingerprint density at radius 3 is 2.24 bits per heavy atom. The lowest BCUT2D eigenvalue weighted by molar-refractivity contribution is -0.120. The number of nitrogens with one attached hydrogen (secondary N) is 1. The van der Waals surface area contributed by atoms with Crippen LogP contribution >= 0.6 is 11.3 Å². The van der Waals surface area contributed by atoms with Gasteiger partial charge in [-0.3, -0.25) is 14.5 Å². The van der Waals surface area contributed by atoms with Gasteiger partial charge in [0.1, 0.15) is 0 Å². The first kappa shape index (κ1) is 20.7. The standard InChI is InChI=1S/C23H25N3O2S/c1-16-6-4-8-18(10-16)12-21(27)24-14-20-15-29-23(25-20)26(3)22(28)13-19-9-5-7-17(2)11-19/h4-11,15H,12-14H2,1-3H3,(H,24,27). The Balaban J connectivity index is 1.53. The molecule has 2 aromatic carbocycles. The van der Waals surface area contributed by atoms with E-state index in [0.29, 0.717) is 24.5 Å². The molecule has 0 fully saturated rings. The molecule has 0 saturated heterocycles. The average molecular weight is 408 g/mol. The quantitative estimate of drug-likeness (QED) is 0.648. The maximum atomic E-state index is 12.6. The fourth-order valence-electron chi connectivity index (χ4n) is 3.01. The zero-order chi connectivity index (χ0) is 20.8. The van der Waals surface area contributed by atoms with Gasteiger partial charge in [0.15, 0.2) is 5.13 Å². The van der Waals surface area contributed by atoms with Crippen LogP contribution in [0.5, 0.6) is 0 Å². The SMILES string of the molecule is Cc1cccc(CC(=O)NCc2csc(N(C)C(=O)Cc3cccc(C)c3)n2)c1. The molecule has 2 amide bonds. The first-order chi connectivity index (χ1) is 13.9. The summed E-state index contributed by atoms with van der Waals surface area (Å²) in [7, 11) is 1.73. The van der Waals surface area contributed by atoms with Crippen LogP contribution in [0.15, 0.2) is 53.9 Å². The molecule has 29 heavy (non-hydrogen) atoms. The first-order valence-electron chi connectivity index (χ1n) is 9.49. The van der Waals surface area contributed by atoms with E-state index in [0.717, 1.165) is 27.9 Å². The molecule has 1 N–H and O–H groups in total. The number of aromatic nitrogens is 1. The fourth-order valence-corrected chi connectivity index (χ4v) is 3.82. The van der Waals surface area contributed by atoms with Crippen molar-refractivity contribution < 1.29 is 9.59 Å². The third-order valence-corrected chi connectivity index (χ3v) is 5.52.